The summed E-state index contributed by atoms with van der Waals surface area (Å²) in [6.45, 7) is -1.53. The van der Waals surface area contributed by atoms with Crippen LogP contribution in [0.15, 0.2) is 18.2 Å². The quantitative estimate of drug-likeness (QED) is 0.760. The first-order chi connectivity index (χ1) is 9.91. The van der Waals surface area contributed by atoms with Gasteiger partial charge in [0.1, 0.15) is 0 Å². The summed E-state index contributed by atoms with van der Waals surface area (Å²) >= 11 is 0. The van der Waals surface area contributed by atoms with Gasteiger partial charge in [0.25, 0.3) is 5.92 Å². The Balaban J connectivity index is 2.50. The van der Waals surface area contributed by atoms with Crippen LogP contribution in [0.25, 0.3) is 0 Å². The summed E-state index contributed by atoms with van der Waals surface area (Å²) in [5.41, 5.74) is 5.74. The zero-order valence-electron chi connectivity index (χ0n) is 12.1. The third kappa shape index (κ3) is 5.55. The van der Waals surface area contributed by atoms with Crippen molar-refractivity contribution in [3.05, 3.63) is 23.8 Å². The lowest BCUT2D eigenvalue weighted by atomic mass is 10.1. The third-order valence-corrected chi connectivity index (χ3v) is 2.93. The first kappa shape index (κ1) is 17.2. The number of amides is 1. The van der Waals surface area contributed by atoms with Crippen molar-refractivity contribution in [2.24, 2.45) is 5.73 Å². The maximum absolute atomic E-state index is 12.9. The Morgan fingerprint density at radius 1 is 1.29 bits per heavy atom. The Hall–Kier alpha value is -1.89. The number of rotatable bonds is 8. The van der Waals surface area contributed by atoms with Gasteiger partial charge in [-0.05, 0) is 24.1 Å². The Bertz CT molecular complexity index is 481. The number of methoxy groups -OCH3 is 2. The lowest BCUT2D eigenvalue weighted by Crippen LogP contribution is -2.41. The molecule has 0 radical (unpaired) electrons. The van der Waals surface area contributed by atoms with E-state index in [0.29, 0.717) is 17.9 Å². The number of alkyl halides is 2. The van der Waals surface area contributed by atoms with Crippen LogP contribution in [0.2, 0.25) is 0 Å². The van der Waals surface area contributed by atoms with Gasteiger partial charge in [0, 0.05) is 6.42 Å². The number of aryl methyl sites for hydroxylation is 1. The van der Waals surface area contributed by atoms with Crippen molar-refractivity contribution >= 4 is 5.91 Å². The summed E-state index contributed by atoms with van der Waals surface area (Å²) in [6, 6.07) is 5.28. The molecule has 7 heteroatoms. The number of halogens is 2. The molecule has 0 unspecified atom stereocenters. The van der Waals surface area contributed by atoms with E-state index in [1.54, 1.807) is 18.2 Å². The molecule has 5 nitrogen and oxygen atoms in total. The molecule has 1 aromatic rings. The van der Waals surface area contributed by atoms with Gasteiger partial charge < -0.3 is 20.5 Å². The molecule has 21 heavy (non-hydrogen) atoms. The highest BCUT2D eigenvalue weighted by molar-refractivity contribution is 5.76. The summed E-state index contributed by atoms with van der Waals surface area (Å²) in [4.78, 5) is 11.5. The molecule has 0 fully saturated rings. The molecule has 1 amide bonds. The van der Waals surface area contributed by atoms with Gasteiger partial charge in [0.2, 0.25) is 5.91 Å². The van der Waals surface area contributed by atoms with Crippen molar-refractivity contribution in [2.75, 3.05) is 27.3 Å². The molecule has 0 heterocycles. The lowest BCUT2D eigenvalue weighted by molar-refractivity contribution is -0.122. The van der Waals surface area contributed by atoms with E-state index in [0.717, 1.165) is 5.56 Å². The van der Waals surface area contributed by atoms with Crippen LogP contribution in [0.3, 0.4) is 0 Å². The van der Waals surface area contributed by atoms with Crippen molar-refractivity contribution in [2.45, 2.75) is 18.8 Å². The van der Waals surface area contributed by atoms with E-state index in [-0.39, 0.29) is 6.42 Å². The maximum Gasteiger partial charge on any atom is 0.277 e. The molecule has 3 N–H and O–H groups in total. The fraction of sp³-hybridized carbons (Fsp3) is 0.500. The minimum absolute atomic E-state index is 0.107. The second-order valence-corrected chi connectivity index (χ2v) is 4.53. The zero-order valence-corrected chi connectivity index (χ0v) is 12.1. The van der Waals surface area contributed by atoms with Gasteiger partial charge in [-0.1, -0.05) is 6.07 Å². The lowest BCUT2D eigenvalue weighted by Gasteiger charge is -2.14. The average molecular weight is 302 g/mol. The van der Waals surface area contributed by atoms with Gasteiger partial charge in [-0.15, -0.1) is 0 Å². The first-order valence-electron chi connectivity index (χ1n) is 6.47. The number of hydrogen-bond donors (Lipinski definition) is 2. The number of hydrogen-bond acceptors (Lipinski definition) is 4. The number of nitrogens with two attached hydrogens (primary N) is 1. The van der Waals surface area contributed by atoms with Crippen LogP contribution in [0.5, 0.6) is 11.5 Å². The minimum Gasteiger partial charge on any atom is -0.493 e. The van der Waals surface area contributed by atoms with Gasteiger partial charge in [-0.2, -0.15) is 0 Å². The molecule has 0 aliphatic heterocycles. The second-order valence-electron chi connectivity index (χ2n) is 4.53. The van der Waals surface area contributed by atoms with Crippen LogP contribution in [0, 0.1) is 0 Å². The highest BCUT2D eigenvalue weighted by Crippen LogP contribution is 2.27. The van der Waals surface area contributed by atoms with Gasteiger partial charge >= 0.3 is 0 Å². The minimum atomic E-state index is -3.07. The van der Waals surface area contributed by atoms with E-state index < -0.39 is 24.9 Å². The fourth-order valence-electron chi connectivity index (χ4n) is 1.68. The van der Waals surface area contributed by atoms with Gasteiger partial charge in [-0.25, -0.2) is 8.78 Å². The van der Waals surface area contributed by atoms with E-state index >= 15 is 0 Å². The molecule has 0 aliphatic rings. The van der Waals surface area contributed by atoms with Crippen LogP contribution in [-0.2, 0) is 11.2 Å². The molecular formula is C14H20F2N2O3. The predicted octanol–water partition coefficient (Wildman–Crippen LogP) is 1.35. The van der Waals surface area contributed by atoms with Crippen molar-refractivity contribution in [3.63, 3.8) is 0 Å². The summed E-state index contributed by atoms with van der Waals surface area (Å²) in [5.74, 6) is -2.37. The van der Waals surface area contributed by atoms with Crippen LogP contribution in [-0.4, -0.2) is 39.1 Å². The Morgan fingerprint density at radius 3 is 2.52 bits per heavy atom. The number of carbonyl (C=O) groups excluding carboxylic acids is 1. The highest BCUT2D eigenvalue weighted by atomic mass is 19.3. The van der Waals surface area contributed by atoms with E-state index in [1.807, 2.05) is 0 Å². The predicted molar refractivity (Wildman–Crippen MR) is 74.9 cm³/mol. The van der Waals surface area contributed by atoms with Crippen molar-refractivity contribution in [1.82, 2.24) is 5.32 Å². The molecular weight excluding hydrogens is 282 g/mol. The Morgan fingerprint density at radius 2 is 1.95 bits per heavy atom. The zero-order chi connectivity index (χ0) is 15.9. The van der Waals surface area contributed by atoms with Gasteiger partial charge in [0.05, 0.1) is 27.3 Å². The van der Waals surface area contributed by atoms with E-state index in [2.05, 4.69) is 5.32 Å². The molecule has 0 aromatic heterocycles. The normalized spacial score (nSPS) is 11.1. The largest absolute Gasteiger partial charge is 0.493 e. The maximum atomic E-state index is 12.9. The first-order valence-corrected chi connectivity index (χ1v) is 6.47. The van der Waals surface area contributed by atoms with Crippen LogP contribution < -0.4 is 20.5 Å². The molecule has 118 valence electrons. The number of ether oxygens (including phenoxy) is 2. The fourth-order valence-corrected chi connectivity index (χ4v) is 1.68. The molecule has 0 bridgehead atoms. The number of nitrogens with one attached hydrogen (secondary N) is 1. The molecule has 0 saturated carbocycles. The summed E-state index contributed by atoms with van der Waals surface area (Å²) in [5, 5.41) is 2.17. The molecule has 1 rings (SSSR count). The molecule has 0 saturated heterocycles. The monoisotopic (exact) mass is 302 g/mol. The Kier molecular flexibility index (Phi) is 6.36. The van der Waals surface area contributed by atoms with Crippen LogP contribution in [0.1, 0.15) is 12.0 Å². The van der Waals surface area contributed by atoms with Crippen LogP contribution in [0.4, 0.5) is 8.78 Å². The summed E-state index contributed by atoms with van der Waals surface area (Å²) < 4.78 is 36.0. The molecule has 0 aliphatic carbocycles. The SMILES string of the molecule is COc1ccc(CCC(=O)NCC(F)(F)CN)cc1OC. The molecule has 0 spiro atoms. The highest BCUT2D eigenvalue weighted by Gasteiger charge is 2.26. The standard InChI is InChI=1S/C14H20F2N2O3/c1-20-11-5-3-10(7-12(11)21-2)4-6-13(19)18-9-14(15,16)8-17/h3,5,7H,4,6,8-9,17H2,1-2H3,(H,18,19). The second kappa shape index (κ2) is 7.78. The summed E-state index contributed by atoms with van der Waals surface area (Å²) in [7, 11) is 3.05. The number of carbonyl (C=O) groups is 1. The Labute approximate surface area is 122 Å². The number of benzene rings is 1. The van der Waals surface area contributed by atoms with Gasteiger partial charge in [-0.3, -0.25) is 4.79 Å². The van der Waals surface area contributed by atoms with Crippen molar-refractivity contribution in [3.8, 4) is 11.5 Å². The third-order valence-electron chi connectivity index (χ3n) is 2.93. The van der Waals surface area contributed by atoms with E-state index in [4.69, 9.17) is 15.2 Å². The van der Waals surface area contributed by atoms with E-state index in [9.17, 15) is 13.6 Å². The topological polar surface area (TPSA) is 73.6 Å². The van der Waals surface area contributed by atoms with Gasteiger partial charge in [0.15, 0.2) is 11.5 Å². The smallest absolute Gasteiger partial charge is 0.277 e. The van der Waals surface area contributed by atoms with E-state index in [1.165, 1.54) is 14.2 Å². The summed E-state index contributed by atoms with van der Waals surface area (Å²) in [6.07, 6.45) is 0.524. The van der Waals surface area contributed by atoms with Crippen LogP contribution >= 0.6 is 0 Å². The van der Waals surface area contributed by atoms with Crippen molar-refractivity contribution in [1.29, 1.82) is 0 Å². The molecule has 1 aromatic carbocycles. The molecule has 0 atom stereocenters. The van der Waals surface area contributed by atoms with Crippen molar-refractivity contribution < 1.29 is 23.0 Å². The average Bonchev–Trinajstić information content (AvgIpc) is 2.50.